The number of aryl methyl sites for hydroxylation is 3. The molecule has 0 aliphatic rings. The lowest BCUT2D eigenvalue weighted by Crippen LogP contribution is -2.04. The monoisotopic (exact) mass is 333 g/mol. The first-order chi connectivity index (χ1) is 9.49. The smallest absolute Gasteiger partial charge is 0.143 e. The summed E-state index contributed by atoms with van der Waals surface area (Å²) < 4.78 is 6.48. The summed E-state index contributed by atoms with van der Waals surface area (Å²) in [6.45, 7) is 7.13. The van der Waals surface area contributed by atoms with Gasteiger partial charge in [-0.1, -0.05) is 45.3 Å². The van der Waals surface area contributed by atoms with Gasteiger partial charge in [-0.15, -0.1) is 0 Å². The molecule has 0 saturated carbocycles. The Morgan fingerprint density at radius 1 is 1.00 bits per heavy atom. The number of rotatable bonds is 4. The fourth-order valence-corrected chi connectivity index (χ4v) is 3.01. The van der Waals surface area contributed by atoms with Crippen LogP contribution in [0, 0.1) is 20.8 Å². The highest BCUT2D eigenvalue weighted by Crippen LogP contribution is 2.32. The maximum absolute atomic E-state index is 5.45. The molecule has 0 aromatic heterocycles. The van der Waals surface area contributed by atoms with Crippen LogP contribution in [-0.2, 0) is 6.54 Å². The number of hydrogen-bond acceptors (Lipinski definition) is 2. The Kier molecular flexibility index (Phi) is 4.71. The van der Waals surface area contributed by atoms with Gasteiger partial charge in [0.15, 0.2) is 0 Å². The lowest BCUT2D eigenvalue weighted by atomic mass is 10.1. The van der Waals surface area contributed by atoms with Crippen molar-refractivity contribution in [1.82, 2.24) is 0 Å². The van der Waals surface area contributed by atoms with Crippen LogP contribution in [0.5, 0.6) is 5.75 Å². The van der Waals surface area contributed by atoms with Gasteiger partial charge in [0.2, 0.25) is 0 Å². The first kappa shape index (κ1) is 14.9. The van der Waals surface area contributed by atoms with E-state index >= 15 is 0 Å². The van der Waals surface area contributed by atoms with E-state index in [1.54, 1.807) is 7.11 Å². The average Bonchev–Trinajstić information content (AvgIpc) is 2.35. The van der Waals surface area contributed by atoms with Crippen LogP contribution >= 0.6 is 15.9 Å². The molecule has 2 nitrogen and oxygen atoms in total. The highest BCUT2D eigenvalue weighted by Gasteiger charge is 2.08. The molecular formula is C17H20BrNO. The van der Waals surface area contributed by atoms with E-state index < -0.39 is 0 Å². The molecule has 0 aliphatic carbocycles. The van der Waals surface area contributed by atoms with Gasteiger partial charge in [-0.25, -0.2) is 0 Å². The van der Waals surface area contributed by atoms with E-state index in [2.05, 4.69) is 66.3 Å². The quantitative estimate of drug-likeness (QED) is 0.850. The van der Waals surface area contributed by atoms with Crippen molar-refractivity contribution in [3.05, 3.63) is 57.1 Å². The Hall–Kier alpha value is -1.48. The van der Waals surface area contributed by atoms with Crippen LogP contribution in [0.2, 0.25) is 0 Å². The molecule has 1 N–H and O–H groups in total. The summed E-state index contributed by atoms with van der Waals surface area (Å²) >= 11 is 3.50. The maximum Gasteiger partial charge on any atom is 0.143 e. The van der Waals surface area contributed by atoms with Crippen molar-refractivity contribution >= 4 is 21.6 Å². The molecule has 0 unspecified atom stereocenters. The summed E-state index contributed by atoms with van der Waals surface area (Å²) in [5.74, 6) is 0.862. The van der Waals surface area contributed by atoms with Gasteiger partial charge < -0.3 is 10.1 Å². The number of hydrogen-bond donors (Lipinski definition) is 1. The molecule has 0 spiro atoms. The molecule has 0 amide bonds. The van der Waals surface area contributed by atoms with Crippen LogP contribution < -0.4 is 10.1 Å². The first-order valence-corrected chi connectivity index (χ1v) is 7.44. The number of nitrogens with one attached hydrogen (secondary N) is 1. The van der Waals surface area contributed by atoms with E-state index in [-0.39, 0.29) is 0 Å². The molecule has 2 aromatic rings. The lowest BCUT2D eigenvalue weighted by molar-refractivity contribution is 0.416. The SMILES string of the molecule is COc1cc(Br)cc(C)c1NCc1cc(C)cc(C)c1. The molecule has 0 radical (unpaired) electrons. The van der Waals surface area contributed by atoms with E-state index in [0.29, 0.717) is 0 Å². The molecule has 0 saturated heterocycles. The molecule has 3 heteroatoms. The predicted molar refractivity (Wildman–Crippen MR) is 88.7 cm³/mol. The highest BCUT2D eigenvalue weighted by atomic mass is 79.9. The summed E-state index contributed by atoms with van der Waals surface area (Å²) in [7, 11) is 1.70. The van der Waals surface area contributed by atoms with Crippen LogP contribution in [0.4, 0.5) is 5.69 Å². The Balaban J connectivity index is 2.22. The zero-order valence-corrected chi connectivity index (χ0v) is 14.0. The summed E-state index contributed by atoms with van der Waals surface area (Å²) in [6, 6.07) is 10.7. The molecule has 0 fully saturated rings. The van der Waals surface area contributed by atoms with Crippen molar-refractivity contribution in [3.63, 3.8) is 0 Å². The van der Waals surface area contributed by atoms with Crippen molar-refractivity contribution in [2.75, 3.05) is 12.4 Å². The highest BCUT2D eigenvalue weighted by molar-refractivity contribution is 9.10. The Morgan fingerprint density at radius 2 is 1.65 bits per heavy atom. The van der Waals surface area contributed by atoms with Gasteiger partial charge in [-0.05, 0) is 44.0 Å². The molecule has 0 atom stereocenters. The summed E-state index contributed by atoms with van der Waals surface area (Å²) in [4.78, 5) is 0. The van der Waals surface area contributed by atoms with Crippen molar-refractivity contribution in [2.24, 2.45) is 0 Å². The molecular weight excluding hydrogens is 314 g/mol. The number of methoxy groups -OCH3 is 1. The van der Waals surface area contributed by atoms with E-state index in [0.717, 1.165) is 22.5 Å². The molecule has 0 bridgehead atoms. The molecule has 0 aliphatic heterocycles. The van der Waals surface area contributed by atoms with Crippen LogP contribution in [0.3, 0.4) is 0 Å². The Labute approximate surface area is 129 Å². The van der Waals surface area contributed by atoms with E-state index in [1.807, 2.05) is 6.07 Å². The lowest BCUT2D eigenvalue weighted by Gasteiger charge is -2.15. The van der Waals surface area contributed by atoms with Gasteiger partial charge in [0.05, 0.1) is 12.8 Å². The second kappa shape index (κ2) is 6.31. The van der Waals surface area contributed by atoms with Crippen molar-refractivity contribution < 1.29 is 4.74 Å². The van der Waals surface area contributed by atoms with Gasteiger partial charge in [0.25, 0.3) is 0 Å². The minimum atomic E-state index is 0.793. The average molecular weight is 334 g/mol. The van der Waals surface area contributed by atoms with Crippen molar-refractivity contribution in [1.29, 1.82) is 0 Å². The zero-order valence-electron chi connectivity index (χ0n) is 12.4. The van der Waals surface area contributed by atoms with Crippen molar-refractivity contribution in [3.8, 4) is 5.75 Å². The van der Waals surface area contributed by atoms with Gasteiger partial charge in [-0.3, -0.25) is 0 Å². The molecule has 106 valence electrons. The summed E-state index contributed by atoms with van der Waals surface area (Å²) in [6.07, 6.45) is 0. The molecule has 2 aromatic carbocycles. The van der Waals surface area contributed by atoms with Crippen LogP contribution in [0.25, 0.3) is 0 Å². The normalized spacial score (nSPS) is 10.4. The maximum atomic E-state index is 5.45. The largest absolute Gasteiger partial charge is 0.495 e. The number of anilines is 1. The minimum absolute atomic E-state index is 0.793. The van der Waals surface area contributed by atoms with E-state index in [1.165, 1.54) is 22.3 Å². The van der Waals surface area contributed by atoms with Gasteiger partial charge >= 0.3 is 0 Å². The van der Waals surface area contributed by atoms with Crippen molar-refractivity contribution in [2.45, 2.75) is 27.3 Å². The molecule has 2 rings (SSSR count). The second-order valence-electron chi connectivity index (χ2n) is 5.15. The molecule has 0 heterocycles. The number of benzene rings is 2. The number of ether oxygens (including phenoxy) is 1. The fourth-order valence-electron chi connectivity index (χ4n) is 2.46. The third-order valence-electron chi connectivity index (χ3n) is 3.23. The van der Waals surface area contributed by atoms with Crippen LogP contribution in [0.1, 0.15) is 22.3 Å². The van der Waals surface area contributed by atoms with Crippen LogP contribution in [0.15, 0.2) is 34.8 Å². The van der Waals surface area contributed by atoms with Gasteiger partial charge in [0.1, 0.15) is 5.75 Å². The van der Waals surface area contributed by atoms with E-state index in [4.69, 9.17) is 4.74 Å². The Morgan fingerprint density at radius 3 is 2.25 bits per heavy atom. The topological polar surface area (TPSA) is 21.3 Å². The predicted octanol–water partition coefficient (Wildman–Crippen LogP) is 5.00. The molecule has 20 heavy (non-hydrogen) atoms. The fraction of sp³-hybridized carbons (Fsp3) is 0.294. The summed E-state index contributed by atoms with van der Waals surface area (Å²) in [5, 5.41) is 3.48. The van der Waals surface area contributed by atoms with Gasteiger partial charge in [-0.2, -0.15) is 0 Å². The summed E-state index contributed by atoms with van der Waals surface area (Å²) in [5.41, 5.74) is 6.09. The van der Waals surface area contributed by atoms with Crippen LogP contribution in [-0.4, -0.2) is 7.11 Å². The third-order valence-corrected chi connectivity index (χ3v) is 3.69. The third kappa shape index (κ3) is 3.54. The number of halogens is 1. The van der Waals surface area contributed by atoms with E-state index in [9.17, 15) is 0 Å². The van der Waals surface area contributed by atoms with Gasteiger partial charge in [0, 0.05) is 11.0 Å². The Bertz CT molecular complexity index is 602. The second-order valence-corrected chi connectivity index (χ2v) is 6.07. The first-order valence-electron chi connectivity index (χ1n) is 6.65. The zero-order chi connectivity index (χ0) is 14.7. The minimum Gasteiger partial charge on any atom is -0.495 e. The standard InChI is InChI=1S/C17H20BrNO/c1-11-5-12(2)7-14(6-11)10-19-17-13(3)8-15(18)9-16(17)20-4/h5-9,19H,10H2,1-4H3.